The third-order valence-electron chi connectivity index (χ3n) is 2.10. The molecule has 0 aliphatic heterocycles. The van der Waals surface area contributed by atoms with Gasteiger partial charge in [-0.1, -0.05) is 18.7 Å². The zero-order chi connectivity index (χ0) is 9.03. The summed E-state index contributed by atoms with van der Waals surface area (Å²) in [6.45, 7) is 3.74. The van der Waals surface area contributed by atoms with Crippen LogP contribution in [0.3, 0.4) is 0 Å². The molecule has 1 rings (SSSR count). The SMILES string of the molecule is C=CC1(OC)C=CC=C(OC)C1. The second-order valence-corrected chi connectivity index (χ2v) is 2.74. The molecular weight excluding hydrogens is 152 g/mol. The van der Waals surface area contributed by atoms with Crippen LogP contribution in [-0.4, -0.2) is 19.8 Å². The van der Waals surface area contributed by atoms with Gasteiger partial charge >= 0.3 is 0 Å². The fourth-order valence-electron chi connectivity index (χ4n) is 1.21. The first-order valence-electron chi connectivity index (χ1n) is 3.87. The molecule has 0 radical (unpaired) electrons. The van der Waals surface area contributed by atoms with Crippen LogP contribution >= 0.6 is 0 Å². The van der Waals surface area contributed by atoms with E-state index in [1.807, 2.05) is 18.2 Å². The van der Waals surface area contributed by atoms with Crippen LogP contribution in [0.15, 0.2) is 36.6 Å². The number of hydrogen-bond donors (Lipinski definition) is 0. The molecule has 0 amide bonds. The van der Waals surface area contributed by atoms with Crippen LogP contribution in [0.2, 0.25) is 0 Å². The van der Waals surface area contributed by atoms with E-state index in [9.17, 15) is 0 Å². The van der Waals surface area contributed by atoms with Gasteiger partial charge in [0.15, 0.2) is 0 Å². The fourth-order valence-corrected chi connectivity index (χ4v) is 1.21. The molecule has 1 aliphatic rings. The van der Waals surface area contributed by atoms with Gasteiger partial charge in [0.05, 0.1) is 12.9 Å². The Bertz CT molecular complexity index is 228. The molecule has 0 saturated carbocycles. The molecule has 0 aromatic carbocycles. The normalized spacial score (nSPS) is 28.0. The second-order valence-electron chi connectivity index (χ2n) is 2.74. The number of ether oxygens (including phenoxy) is 2. The van der Waals surface area contributed by atoms with Gasteiger partial charge in [0.2, 0.25) is 0 Å². The molecule has 12 heavy (non-hydrogen) atoms. The molecular formula is C10H14O2. The highest BCUT2D eigenvalue weighted by Gasteiger charge is 2.26. The third kappa shape index (κ3) is 1.59. The zero-order valence-corrected chi connectivity index (χ0v) is 7.54. The van der Waals surface area contributed by atoms with Crippen molar-refractivity contribution < 1.29 is 9.47 Å². The predicted molar refractivity (Wildman–Crippen MR) is 48.8 cm³/mol. The van der Waals surface area contributed by atoms with Gasteiger partial charge < -0.3 is 9.47 Å². The number of hydrogen-bond acceptors (Lipinski definition) is 2. The lowest BCUT2D eigenvalue weighted by molar-refractivity contribution is 0.0597. The summed E-state index contributed by atoms with van der Waals surface area (Å²) in [6.07, 6.45) is 8.34. The molecule has 0 heterocycles. The van der Waals surface area contributed by atoms with Gasteiger partial charge in [0, 0.05) is 13.5 Å². The van der Waals surface area contributed by atoms with Crippen molar-refractivity contribution >= 4 is 0 Å². The summed E-state index contributed by atoms with van der Waals surface area (Å²) in [6, 6.07) is 0. The quantitative estimate of drug-likeness (QED) is 0.597. The standard InChI is InChI=1S/C10H14O2/c1-4-10(12-3)7-5-6-9(8-10)11-2/h4-7H,1,8H2,2-3H3. The van der Waals surface area contributed by atoms with E-state index in [1.54, 1.807) is 20.3 Å². The molecule has 0 bridgehead atoms. The second kappa shape index (κ2) is 3.59. The Hall–Kier alpha value is -1.02. The summed E-state index contributed by atoms with van der Waals surface area (Å²) in [5.74, 6) is 0.916. The third-order valence-corrected chi connectivity index (χ3v) is 2.10. The maximum Gasteiger partial charge on any atom is 0.111 e. The minimum Gasteiger partial charge on any atom is -0.501 e. The lowest BCUT2D eigenvalue weighted by atomic mass is 9.94. The topological polar surface area (TPSA) is 18.5 Å². The molecule has 0 spiro atoms. The first-order chi connectivity index (χ1) is 5.76. The van der Waals surface area contributed by atoms with Crippen molar-refractivity contribution in [3.05, 3.63) is 36.6 Å². The van der Waals surface area contributed by atoms with E-state index in [-0.39, 0.29) is 5.60 Å². The van der Waals surface area contributed by atoms with Gasteiger partial charge in [0.25, 0.3) is 0 Å². The largest absolute Gasteiger partial charge is 0.501 e. The Kier molecular flexibility index (Phi) is 2.71. The summed E-state index contributed by atoms with van der Waals surface area (Å²) in [4.78, 5) is 0. The summed E-state index contributed by atoms with van der Waals surface area (Å²) in [7, 11) is 3.33. The highest BCUT2D eigenvalue weighted by molar-refractivity contribution is 5.27. The Balaban J connectivity index is 2.80. The Morgan fingerprint density at radius 2 is 2.33 bits per heavy atom. The molecule has 66 valence electrons. The van der Waals surface area contributed by atoms with Crippen molar-refractivity contribution in [1.29, 1.82) is 0 Å². The van der Waals surface area contributed by atoms with Crippen molar-refractivity contribution in [2.45, 2.75) is 12.0 Å². The van der Waals surface area contributed by atoms with Crippen LogP contribution in [-0.2, 0) is 9.47 Å². The molecule has 2 heteroatoms. The highest BCUT2D eigenvalue weighted by Crippen LogP contribution is 2.27. The summed E-state index contributed by atoms with van der Waals surface area (Å²) in [5.41, 5.74) is -0.375. The average molecular weight is 166 g/mol. The van der Waals surface area contributed by atoms with E-state index in [1.165, 1.54) is 0 Å². The minimum atomic E-state index is -0.375. The van der Waals surface area contributed by atoms with E-state index < -0.39 is 0 Å². The van der Waals surface area contributed by atoms with E-state index >= 15 is 0 Å². The van der Waals surface area contributed by atoms with Crippen LogP contribution in [0.4, 0.5) is 0 Å². The van der Waals surface area contributed by atoms with Crippen LogP contribution in [0.25, 0.3) is 0 Å². The van der Waals surface area contributed by atoms with Crippen molar-refractivity contribution in [2.24, 2.45) is 0 Å². The molecule has 0 aromatic heterocycles. The fraction of sp³-hybridized carbons (Fsp3) is 0.400. The molecule has 1 aliphatic carbocycles. The molecule has 2 nitrogen and oxygen atoms in total. The molecule has 0 aromatic rings. The summed E-state index contributed by atoms with van der Waals surface area (Å²) >= 11 is 0. The minimum absolute atomic E-state index is 0.375. The van der Waals surface area contributed by atoms with Crippen molar-refractivity contribution in [1.82, 2.24) is 0 Å². The van der Waals surface area contributed by atoms with Crippen LogP contribution in [0, 0.1) is 0 Å². The lowest BCUT2D eigenvalue weighted by Gasteiger charge is -2.28. The monoisotopic (exact) mass is 166 g/mol. The maximum atomic E-state index is 5.33. The van der Waals surface area contributed by atoms with Gasteiger partial charge in [-0.15, -0.1) is 0 Å². The van der Waals surface area contributed by atoms with Crippen molar-refractivity contribution in [3.63, 3.8) is 0 Å². The molecule has 1 atom stereocenters. The first-order valence-corrected chi connectivity index (χ1v) is 3.87. The van der Waals surface area contributed by atoms with Crippen molar-refractivity contribution in [2.75, 3.05) is 14.2 Å². The number of methoxy groups -OCH3 is 2. The Morgan fingerprint density at radius 3 is 2.83 bits per heavy atom. The van der Waals surface area contributed by atoms with E-state index in [2.05, 4.69) is 6.58 Å². The number of rotatable bonds is 3. The van der Waals surface area contributed by atoms with Crippen LogP contribution < -0.4 is 0 Å². The Morgan fingerprint density at radius 1 is 1.58 bits per heavy atom. The molecule has 0 fully saturated rings. The van der Waals surface area contributed by atoms with Gasteiger partial charge in [0.1, 0.15) is 5.60 Å². The van der Waals surface area contributed by atoms with Gasteiger partial charge in [-0.05, 0) is 12.2 Å². The van der Waals surface area contributed by atoms with Crippen LogP contribution in [0.1, 0.15) is 6.42 Å². The number of allylic oxidation sites excluding steroid dienone is 2. The van der Waals surface area contributed by atoms with Crippen molar-refractivity contribution in [3.8, 4) is 0 Å². The molecule has 1 unspecified atom stereocenters. The van der Waals surface area contributed by atoms with Gasteiger partial charge in [-0.2, -0.15) is 0 Å². The molecule has 0 N–H and O–H groups in total. The van der Waals surface area contributed by atoms with E-state index in [0.717, 1.165) is 12.2 Å². The zero-order valence-electron chi connectivity index (χ0n) is 7.54. The van der Waals surface area contributed by atoms with E-state index in [4.69, 9.17) is 9.47 Å². The predicted octanol–water partition coefficient (Wildman–Crippen LogP) is 2.05. The maximum absolute atomic E-state index is 5.33. The van der Waals surface area contributed by atoms with E-state index in [0.29, 0.717) is 0 Å². The average Bonchev–Trinajstić information content (AvgIpc) is 2.18. The first kappa shape index (κ1) is 9.07. The van der Waals surface area contributed by atoms with Gasteiger partial charge in [-0.3, -0.25) is 0 Å². The summed E-state index contributed by atoms with van der Waals surface area (Å²) in [5, 5.41) is 0. The Labute approximate surface area is 73.2 Å². The highest BCUT2D eigenvalue weighted by atomic mass is 16.5. The van der Waals surface area contributed by atoms with Gasteiger partial charge in [-0.25, -0.2) is 0 Å². The summed E-state index contributed by atoms with van der Waals surface area (Å²) < 4.78 is 10.5. The molecule has 0 saturated heterocycles. The van der Waals surface area contributed by atoms with Crippen LogP contribution in [0.5, 0.6) is 0 Å². The lowest BCUT2D eigenvalue weighted by Crippen LogP contribution is -2.28. The smallest absolute Gasteiger partial charge is 0.111 e.